The molecule has 0 fully saturated rings. The minimum atomic E-state index is -0.0772. The van der Waals surface area contributed by atoms with Crippen LogP contribution in [0.3, 0.4) is 0 Å². The molecule has 0 aromatic heterocycles. The van der Waals surface area contributed by atoms with Crippen LogP contribution in [0, 0.1) is 6.92 Å². The number of fused-ring (bicyclic) bond motifs is 1. The molecule has 0 saturated carbocycles. The summed E-state index contributed by atoms with van der Waals surface area (Å²) in [5, 5.41) is 3.07. The minimum Gasteiger partial charge on any atom is -0.493 e. The zero-order valence-electron chi connectivity index (χ0n) is 21.1. The Bertz CT molecular complexity index is 1160. The summed E-state index contributed by atoms with van der Waals surface area (Å²) < 4.78 is 5.94. The molecule has 4 nitrogen and oxygen atoms in total. The Balaban J connectivity index is 1.43. The molecule has 1 N–H and O–H groups in total. The lowest BCUT2D eigenvalue weighted by molar-refractivity contribution is -0.113. The highest BCUT2D eigenvalue weighted by molar-refractivity contribution is 6.07. The number of nitrogens with one attached hydrogen (secondary N) is 1. The number of amides is 1. The minimum absolute atomic E-state index is 0.0772. The molecule has 1 aliphatic rings. The van der Waals surface area contributed by atoms with Gasteiger partial charge in [0.05, 0.1) is 6.61 Å². The first-order valence-corrected chi connectivity index (χ1v) is 12.6. The van der Waals surface area contributed by atoms with E-state index >= 15 is 0 Å². The Labute approximate surface area is 209 Å². The molecule has 0 atom stereocenters. The summed E-state index contributed by atoms with van der Waals surface area (Å²) in [5.41, 5.74) is 7.22. The Kier molecular flexibility index (Phi) is 8.38. The van der Waals surface area contributed by atoms with Crippen LogP contribution in [0.1, 0.15) is 49.3 Å². The van der Waals surface area contributed by atoms with Crippen LogP contribution in [-0.4, -0.2) is 31.0 Å². The summed E-state index contributed by atoms with van der Waals surface area (Å²) >= 11 is 0. The van der Waals surface area contributed by atoms with Gasteiger partial charge in [-0.05, 0) is 74.0 Å². The van der Waals surface area contributed by atoms with Gasteiger partial charge in [-0.3, -0.25) is 4.79 Å². The molecular formula is C31H36N2O2. The number of hydrogen-bond acceptors (Lipinski definition) is 3. The van der Waals surface area contributed by atoms with Crippen LogP contribution >= 0.6 is 0 Å². The molecule has 0 unspecified atom stereocenters. The second-order valence-corrected chi connectivity index (χ2v) is 9.48. The molecule has 3 aromatic carbocycles. The Morgan fingerprint density at radius 3 is 2.46 bits per heavy atom. The summed E-state index contributed by atoms with van der Waals surface area (Å²) in [4.78, 5) is 15.4. The molecule has 1 amide bonds. The maximum atomic E-state index is 13.1. The van der Waals surface area contributed by atoms with E-state index in [1.165, 1.54) is 30.4 Å². The van der Waals surface area contributed by atoms with Crippen molar-refractivity contribution in [3.63, 3.8) is 0 Å². The number of ether oxygens (including phenoxy) is 1. The third kappa shape index (κ3) is 6.83. The molecule has 3 aromatic rings. The smallest absolute Gasteiger partial charge is 0.251 e. The van der Waals surface area contributed by atoms with Crippen molar-refractivity contribution in [1.29, 1.82) is 0 Å². The van der Waals surface area contributed by atoms with Crippen LogP contribution in [0.5, 0.6) is 5.75 Å². The van der Waals surface area contributed by atoms with Crippen molar-refractivity contribution in [3.8, 4) is 16.9 Å². The number of benzene rings is 3. The van der Waals surface area contributed by atoms with E-state index in [1.54, 1.807) is 0 Å². The van der Waals surface area contributed by atoms with Crippen LogP contribution in [0.2, 0.25) is 0 Å². The first-order valence-electron chi connectivity index (χ1n) is 12.6. The van der Waals surface area contributed by atoms with Crippen LogP contribution in [-0.2, 0) is 11.3 Å². The lowest BCUT2D eigenvalue weighted by Crippen LogP contribution is -2.19. The molecule has 182 valence electrons. The number of hydrogen-bond donors (Lipinski definition) is 1. The van der Waals surface area contributed by atoms with Gasteiger partial charge >= 0.3 is 0 Å². The Morgan fingerprint density at radius 1 is 0.971 bits per heavy atom. The highest BCUT2D eigenvalue weighted by Crippen LogP contribution is 2.31. The zero-order valence-corrected chi connectivity index (χ0v) is 21.1. The molecule has 4 rings (SSSR count). The van der Waals surface area contributed by atoms with E-state index < -0.39 is 0 Å². The van der Waals surface area contributed by atoms with E-state index in [-0.39, 0.29) is 5.91 Å². The lowest BCUT2D eigenvalue weighted by atomic mass is 10.00. The normalized spacial score (nSPS) is 13.0. The van der Waals surface area contributed by atoms with E-state index in [0.29, 0.717) is 13.0 Å². The SMILES string of the molecule is CCCCCN(C)Cc1ccc(NC(=O)C2=Cc3cc(-c4ccc(C)cc4)ccc3OCC2)cc1. The molecular weight excluding hydrogens is 432 g/mol. The second kappa shape index (κ2) is 11.9. The van der Waals surface area contributed by atoms with Crippen molar-refractivity contribution < 1.29 is 9.53 Å². The quantitative estimate of drug-likeness (QED) is 0.341. The molecule has 4 heteroatoms. The van der Waals surface area contributed by atoms with E-state index in [4.69, 9.17) is 4.74 Å². The van der Waals surface area contributed by atoms with Crippen LogP contribution in [0.15, 0.2) is 72.3 Å². The molecule has 1 aliphatic heterocycles. The second-order valence-electron chi connectivity index (χ2n) is 9.48. The summed E-state index contributed by atoms with van der Waals surface area (Å²) in [5.74, 6) is 0.739. The number of carbonyl (C=O) groups excluding carboxylic acids is 1. The van der Waals surface area contributed by atoms with Gasteiger partial charge in [-0.15, -0.1) is 0 Å². The first-order chi connectivity index (χ1) is 17.0. The average molecular weight is 469 g/mol. The highest BCUT2D eigenvalue weighted by atomic mass is 16.5. The van der Waals surface area contributed by atoms with Gasteiger partial charge in [-0.25, -0.2) is 0 Å². The third-order valence-corrected chi connectivity index (χ3v) is 6.45. The van der Waals surface area contributed by atoms with Crippen molar-refractivity contribution in [1.82, 2.24) is 4.90 Å². The molecule has 0 radical (unpaired) electrons. The fourth-order valence-corrected chi connectivity index (χ4v) is 4.36. The lowest BCUT2D eigenvalue weighted by Gasteiger charge is -2.16. The predicted molar refractivity (Wildman–Crippen MR) is 146 cm³/mol. The van der Waals surface area contributed by atoms with Gasteiger partial charge in [0.15, 0.2) is 0 Å². The zero-order chi connectivity index (χ0) is 24.6. The standard InChI is InChI=1S/C31H36N2O2/c1-4-5-6-18-33(3)22-24-9-14-29(15-10-24)32-31(34)27-17-19-35-30-16-13-26(20-28(30)21-27)25-11-7-23(2)8-12-25/h7-16,20-21H,4-6,17-19,22H2,1-3H3,(H,32,34). The van der Waals surface area contributed by atoms with Gasteiger partial charge in [0.2, 0.25) is 0 Å². The largest absolute Gasteiger partial charge is 0.493 e. The van der Waals surface area contributed by atoms with Gasteiger partial charge in [-0.2, -0.15) is 0 Å². The highest BCUT2D eigenvalue weighted by Gasteiger charge is 2.16. The molecule has 35 heavy (non-hydrogen) atoms. The van der Waals surface area contributed by atoms with Gasteiger partial charge in [-0.1, -0.05) is 67.8 Å². The molecule has 0 bridgehead atoms. The van der Waals surface area contributed by atoms with Gasteiger partial charge in [0.1, 0.15) is 5.75 Å². The summed E-state index contributed by atoms with van der Waals surface area (Å²) in [6, 6.07) is 22.8. The predicted octanol–water partition coefficient (Wildman–Crippen LogP) is 7.09. The van der Waals surface area contributed by atoms with Gasteiger partial charge < -0.3 is 15.0 Å². The van der Waals surface area contributed by atoms with Crippen LogP contribution < -0.4 is 10.1 Å². The first kappa shape index (κ1) is 24.7. The fraction of sp³-hybridized carbons (Fsp3) is 0.323. The molecule has 0 spiro atoms. The number of anilines is 1. The van der Waals surface area contributed by atoms with Gasteiger partial charge in [0, 0.05) is 29.8 Å². The topological polar surface area (TPSA) is 41.6 Å². The number of nitrogens with zero attached hydrogens (tertiary/aromatic N) is 1. The van der Waals surface area contributed by atoms with E-state index in [1.807, 2.05) is 24.3 Å². The van der Waals surface area contributed by atoms with E-state index in [9.17, 15) is 4.79 Å². The fourth-order valence-electron chi connectivity index (χ4n) is 4.36. The number of carbonyl (C=O) groups is 1. The molecule has 1 heterocycles. The van der Waals surface area contributed by atoms with E-state index in [2.05, 4.69) is 79.6 Å². The summed E-state index contributed by atoms with van der Waals surface area (Å²) in [7, 11) is 2.16. The number of rotatable bonds is 9. The Morgan fingerprint density at radius 2 is 1.71 bits per heavy atom. The monoisotopic (exact) mass is 468 g/mol. The van der Waals surface area contributed by atoms with Gasteiger partial charge in [0.25, 0.3) is 5.91 Å². The van der Waals surface area contributed by atoms with Crippen LogP contribution in [0.25, 0.3) is 17.2 Å². The maximum absolute atomic E-state index is 13.1. The number of unbranched alkanes of at least 4 members (excludes halogenated alkanes) is 2. The third-order valence-electron chi connectivity index (χ3n) is 6.45. The summed E-state index contributed by atoms with van der Waals surface area (Å²) in [6.07, 6.45) is 6.28. The van der Waals surface area contributed by atoms with Crippen molar-refractivity contribution in [3.05, 3.63) is 89.0 Å². The molecule has 0 saturated heterocycles. The summed E-state index contributed by atoms with van der Waals surface area (Å²) in [6.45, 7) is 6.82. The van der Waals surface area contributed by atoms with Crippen molar-refractivity contribution >= 4 is 17.7 Å². The Hall–Kier alpha value is -3.37. The van der Waals surface area contributed by atoms with Crippen molar-refractivity contribution in [2.45, 2.75) is 46.1 Å². The maximum Gasteiger partial charge on any atom is 0.251 e. The van der Waals surface area contributed by atoms with Crippen molar-refractivity contribution in [2.75, 3.05) is 25.5 Å². The molecule has 0 aliphatic carbocycles. The average Bonchev–Trinajstić information content (AvgIpc) is 3.08. The number of aryl methyl sites for hydroxylation is 1. The van der Waals surface area contributed by atoms with Crippen molar-refractivity contribution in [2.24, 2.45) is 0 Å². The van der Waals surface area contributed by atoms with Crippen LogP contribution in [0.4, 0.5) is 5.69 Å². The van der Waals surface area contributed by atoms with E-state index in [0.717, 1.165) is 46.8 Å².